The van der Waals surface area contributed by atoms with E-state index < -0.39 is 18.0 Å². The minimum absolute atomic E-state index is 0.166. The van der Waals surface area contributed by atoms with E-state index in [-0.39, 0.29) is 31.0 Å². The van der Waals surface area contributed by atoms with Gasteiger partial charge in [0.2, 0.25) is 0 Å². The number of nitrogens with zero attached hydrogens (tertiary/aromatic N) is 2. The van der Waals surface area contributed by atoms with Crippen LogP contribution in [0.15, 0.2) is 94.2 Å². The molecule has 1 aromatic heterocycles. The first kappa shape index (κ1) is 29.5. The molecule has 5 rings (SSSR count). The summed E-state index contributed by atoms with van der Waals surface area (Å²) >= 11 is 1.23. The number of thiazole rings is 1. The molecule has 0 saturated heterocycles. The summed E-state index contributed by atoms with van der Waals surface area (Å²) in [6.07, 6.45) is 1.76. The van der Waals surface area contributed by atoms with E-state index in [1.165, 1.54) is 11.3 Å². The Labute approximate surface area is 252 Å². The highest BCUT2D eigenvalue weighted by Gasteiger charge is 2.35. The average molecular weight is 599 g/mol. The van der Waals surface area contributed by atoms with Crippen LogP contribution in [0.2, 0.25) is 0 Å². The van der Waals surface area contributed by atoms with Crippen LogP contribution in [-0.2, 0) is 19.1 Å². The Hall–Kier alpha value is -4.96. The maximum atomic E-state index is 14.0. The Kier molecular flexibility index (Phi) is 9.17. The molecule has 3 aromatic carbocycles. The van der Waals surface area contributed by atoms with E-state index in [1.54, 1.807) is 61.9 Å². The zero-order valence-corrected chi connectivity index (χ0v) is 24.8. The van der Waals surface area contributed by atoms with E-state index >= 15 is 0 Å². The Morgan fingerprint density at radius 2 is 1.67 bits per heavy atom. The Morgan fingerprint density at radius 3 is 2.37 bits per heavy atom. The van der Waals surface area contributed by atoms with Gasteiger partial charge in [-0.1, -0.05) is 65.9 Å². The molecule has 4 aromatic rings. The number of carbonyl (C=O) groups is 2. The lowest BCUT2D eigenvalue weighted by atomic mass is 9.93. The van der Waals surface area contributed by atoms with Gasteiger partial charge in [-0.3, -0.25) is 9.36 Å². The standard InChI is InChI=1S/C33H30N2O7S/c1-4-40-27(36)20-42-24-16-14-21(15-17-24)18-26-31(37)35-30(23-12-9-13-25(19-23)39-3)28(32(38)41-5-2)29(34-33(35)43-26)22-10-7-6-8-11-22/h6-19,30H,4-5,20H2,1-3H3/b26-18+. The van der Waals surface area contributed by atoms with Crippen LogP contribution in [0.4, 0.5) is 0 Å². The summed E-state index contributed by atoms with van der Waals surface area (Å²) < 4.78 is 23.3. The molecule has 0 aliphatic carbocycles. The zero-order chi connectivity index (χ0) is 30.3. The number of fused-ring (bicyclic) bond motifs is 1. The molecule has 43 heavy (non-hydrogen) atoms. The fourth-order valence-electron chi connectivity index (χ4n) is 4.72. The highest BCUT2D eigenvalue weighted by molar-refractivity contribution is 7.07. The number of ether oxygens (including phenoxy) is 4. The molecule has 0 spiro atoms. The molecule has 9 nitrogen and oxygen atoms in total. The van der Waals surface area contributed by atoms with Gasteiger partial charge in [0.1, 0.15) is 11.5 Å². The van der Waals surface area contributed by atoms with Crippen molar-refractivity contribution in [2.45, 2.75) is 19.9 Å². The predicted molar refractivity (Wildman–Crippen MR) is 163 cm³/mol. The second-order valence-electron chi connectivity index (χ2n) is 9.37. The molecule has 0 N–H and O–H groups in total. The zero-order valence-electron chi connectivity index (χ0n) is 23.9. The normalized spacial score (nSPS) is 14.5. The van der Waals surface area contributed by atoms with Gasteiger partial charge in [0.25, 0.3) is 5.56 Å². The van der Waals surface area contributed by atoms with Crippen molar-refractivity contribution in [3.63, 3.8) is 0 Å². The molecular weight excluding hydrogens is 568 g/mol. The molecule has 0 fully saturated rings. The van der Waals surface area contributed by atoms with Crippen LogP contribution in [0.25, 0.3) is 11.8 Å². The third-order valence-electron chi connectivity index (χ3n) is 6.62. The van der Waals surface area contributed by atoms with Crippen molar-refractivity contribution in [3.05, 3.63) is 121 Å². The quantitative estimate of drug-likeness (QED) is 0.255. The van der Waals surface area contributed by atoms with Crippen molar-refractivity contribution in [1.29, 1.82) is 0 Å². The SMILES string of the molecule is CCOC(=O)COc1ccc(/C=c2/sc3n(c2=O)C(c2cccc(OC)c2)C(C(=O)OCC)=C(c2ccccc2)N=3)cc1. The van der Waals surface area contributed by atoms with Crippen molar-refractivity contribution >= 4 is 35.0 Å². The Morgan fingerprint density at radius 1 is 0.930 bits per heavy atom. The maximum Gasteiger partial charge on any atom is 0.344 e. The fraction of sp³-hybridized carbons (Fsp3) is 0.212. The average Bonchev–Trinajstić information content (AvgIpc) is 3.34. The van der Waals surface area contributed by atoms with Crippen LogP contribution in [0.5, 0.6) is 11.5 Å². The van der Waals surface area contributed by atoms with E-state index in [0.717, 1.165) is 11.1 Å². The molecule has 1 unspecified atom stereocenters. The summed E-state index contributed by atoms with van der Waals surface area (Å²) in [6, 6.07) is 22.9. The van der Waals surface area contributed by atoms with Crippen LogP contribution in [-0.4, -0.2) is 43.4 Å². The van der Waals surface area contributed by atoms with E-state index in [0.29, 0.717) is 32.1 Å². The summed E-state index contributed by atoms with van der Waals surface area (Å²) in [4.78, 5) is 44.5. The van der Waals surface area contributed by atoms with Crippen molar-refractivity contribution in [2.75, 3.05) is 26.9 Å². The van der Waals surface area contributed by atoms with Crippen LogP contribution in [0, 0.1) is 0 Å². The van der Waals surface area contributed by atoms with E-state index in [4.69, 9.17) is 23.9 Å². The largest absolute Gasteiger partial charge is 0.497 e. The minimum atomic E-state index is -0.804. The van der Waals surface area contributed by atoms with Gasteiger partial charge in [0, 0.05) is 5.56 Å². The van der Waals surface area contributed by atoms with Crippen molar-refractivity contribution in [3.8, 4) is 11.5 Å². The van der Waals surface area contributed by atoms with Gasteiger partial charge in [0.15, 0.2) is 11.4 Å². The van der Waals surface area contributed by atoms with Crippen LogP contribution >= 0.6 is 11.3 Å². The van der Waals surface area contributed by atoms with Gasteiger partial charge in [-0.2, -0.15) is 0 Å². The number of methoxy groups -OCH3 is 1. The number of hydrogen-bond acceptors (Lipinski definition) is 9. The topological polar surface area (TPSA) is 105 Å². The lowest BCUT2D eigenvalue weighted by molar-refractivity contribution is -0.145. The molecule has 0 saturated carbocycles. The van der Waals surface area contributed by atoms with Crippen molar-refractivity contribution < 1.29 is 28.5 Å². The second-order valence-corrected chi connectivity index (χ2v) is 10.4. The molecule has 2 heterocycles. The van der Waals surface area contributed by atoms with Crippen LogP contribution < -0.4 is 24.4 Å². The number of aromatic nitrogens is 1. The highest BCUT2D eigenvalue weighted by atomic mass is 32.1. The predicted octanol–water partition coefficient (Wildman–Crippen LogP) is 3.89. The molecule has 0 bridgehead atoms. The second kappa shape index (κ2) is 13.3. The van der Waals surface area contributed by atoms with E-state index in [9.17, 15) is 14.4 Å². The summed E-state index contributed by atoms with van der Waals surface area (Å²) in [5.41, 5.74) is 2.58. The Bertz CT molecular complexity index is 1840. The van der Waals surface area contributed by atoms with Gasteiger partial charge < -0.3 is 18.9 Å². The van der Waals surface area contributed by atoms with Crippen molar-refractivity contribution in [2.24, 2.45) is 4.99 Å². The van der Waals surface area contributed by atoms with Gasteiger partial charge in [0.05, 0.1) is 42.2 Å². The summed E-state index contributed by atoms with van der Waals surface area (Å²) in [5, 5.41) is 0. The van der Waals surface area contributed by atoms with Crippen molar-refractivity contribution in [1.82, 2.24) is 4.57 Å². The lowest BCUT2D eigenvalue weighted by Crippen LogP contribution is -2.40. The summed E-state index contributed by atoms with van der Waals surface area (Å²) in [7, 11) is 1.56. The third kappa shape index (κ3) is 6.44. The first-order chi connectivity index (χ1) is 20.9. The number of esters is 2. The number of rotatable bonds is 10. The van der Waals surface area contributed by atoms with E-state index in [1.807, 2.05) is 48.5 Å². The first-order valence-corrected chi connectivity index (χ1v) is 14.6. The number of benzene rings is 3. The highest BCUT2D eigenvalue weighted by Crippen LogP contribution is 2.36. The van der Waals surface area contributed by atoms with E-state index in [2.05, 4.69) is 0 Å². The van der Waals surface area contributed by atoms with Gasteiger partial charge in [-0.05, 0) is 55.3 Å². The molecule has 220 valence electrons. The number of carbonyl (C=O) groups excluding carboxylic acids is 2. The Balaban J connectivity index is 1.65. The van der Waals surface area contributed by atoms with Crippen LogP contribution in [0.3, 0.4) is 0 Å². The molecule has 10 heteroatoms. The van der Waals surface area contributed by atoms with Crippen LogP contribution in [0.1, 0.15) is 36.6 Å². The number of hydrogen-bond donors (Lipinski definition) is 0. The summed E-state index contributed by atoms with van der Waals surface area (Å²) in [6.45, 7) is 3.73. The van der Waals surface area contributed by atoms with Gasteiger partial charge >= 0.3 is 11.9 Å². The summed E-state index contributed by atoms with van der Waals surface area (Å²) in [5.74, 6) is 0.0866. The smallest absolute Gasteiger partial charge is 0.344 e. The third-order valence-corrected chi connectivity index (χ3v) is 7.61. The molecule has 0 amide bonds. The molecule has 1 aliphatic heterocycles. The monoisotopic (exact) mass is 598 g/mol. The maximum absolute atomic E-state index is 14.0. The molecule has 0 radical (unpaired) electrons. The first-order valence-electron chi connectivity index (χ1n) is 13.7. The lowest BCUT2D eigenvalue weighted by Gasteiger charge is -2.26. The molecular formula is C33H30N2O7S. The minimum Gasteiger partial charge on any atom is -0.497 e. The fourth-order valence-corrected chi connectivity index (χ4v) is 5.72. The van der Waals surface area contributed by atoms with Gasteiger partial charge in [-0.25, -0.2) is 14.6 Å². The molecule has 1 atom stereocenters. The van der Waals surface area contributed by atoms with Gasteiger partial charge in [-0.15, -0.1) is 0 Å². The molecule has 1 aliphatic rings.